The topological polar surface area (TPSA) is 128 Å². The van der Waals surface area contributed by atoms with Crippen LogP contribution in [-0.2, 0) is 19.5 Å². The molecule has 166 valence electrons. The lowest BCUT2D eigenvalue weighted by Gasteiger charge is -2.16. The first-order valence-electron chi connectivity index (χ1n) is 9.38. The van der Waals surface area contributed by atoms with Gasteiger partial charge in [0.1, 0.15) is 4.90 Å². The molecule has 2 aromatic rings. The maximum atomic E-state index is 13.2. The van der Waals surface area contributed by atoms with Crippen LogP contribution in [0.5, 0.6) is 0 Å². The Morgan fingerprint density at radius 3 is 2.23 bits per heavy atom. The zero-order chi connectivity index (χ0) is 23.2. The summed E-state index contributed by atoms with van der Waals surface area (Å²) in [5.74, 6) is -2.13. The molecule has 0 bridgehead atoms. The second-order valence-electron chi connectivity index (χ2n) is 6.63. The van der Waals surface area contributed by atoms with Crippen molar-refractivity contribution in [1.29, 1.82) is 0 Å². The van der Waals surface area contributed by atoms with E-state index in [1.54, 1.807) is 12.1 Å². The van der Waals surface area contributed by atoms with E-state index in [0.29, 0.717) is 6.42 Å². The van der Waals surface area contributed by atoms with Crippen LogP contribution in [0.3, 0.4) is 0 Å². The summed E-state index contributed by atoms with van der Waals surface area (Å²) in [6, 6.07) is 9.37. The largest absolute Gasteiger partial charge is 0.465 e. The average Bonchev–Trinajstić information content (AvgIpc) is 2.77. The van der Waals surface area contributed by atoms with Crippen molar-refractivity contribution in [3.63, 3.8) is 0 Å². The van der Waals surface area contributed by atoms with Crippen molar-refractivity contribution in [2.24, 2.45) is 0 Å². The van der Waals surface area contributed by atoms with Crippen molar-refractivity contribution >= 4 is 33.6 Å². The van der Waals surface area contributed by atoms with Gasteiger partial charge in [-0.25, -0.2) is 18.0 Å². The third-order valence-electron chi connectivity index (χ3n) is 4.50. The Bertz CT molecular complexity index is 1100. The molecule has 0 aliphatic rings. The number of methoxy groups -OCH3 is 2. The number of carbonyl (C=O) groups excluding carboxylic acids is 3. The number of para-hydroxylation sites is 1. The lowest BCUT2D eigenvalue weighted by Crippen LogP contribution is -2.32. The molecule has 0 saturated carbocycles. The third-order valence-corrected chi connectivity index (χ3v) is 5.91. The van der Waals surface area contributed by atoms with E-state index in [1.165, 1.54) is 18.2 Å². The van der Waals surface area contributed by atoms with Gasteiger partial charge < -0.3 is 14.8 Å². The lowest BCUT2D eigenvalue weighted by molar-refractivity contribution is 0.0583. The Balaban J connectivity index is 2.53. The number of amides is 1. The van der Waals surface area contributed by atoms with Gasteiger partial charge in [-0.15, -0.1) is 0 Å². The molecule has 0 aliphatic heterocycles. The van der Waals surface area contributed by atoms with Gasteiger partial charge in [0, 0.05) is 6.04 Å². The van der Waals surface area contributed by atoms with E-state index >= 15 is 0 Å². The molecule has 0 saturated heterocycles. The molecule has 0 aromatic heterocycles. The van der Waals surface area contributed by atoms with E-state index in [0.717, 1.165) is 26.4 Å². The van der Waals surface area contributed by atoms with Crippen molar-refractivity contribution in [2.45, 2.75) is 31.2 Å². The van der Waals surface area contributed by atoms with Gasteiger partial charge in [0.2, 0.25) is 0 Å². The molecule has 1 unspecified atom stereocenters. The van der Waals surface area contributed by atoms with Gasteiger partial charge in [0.15, 0.2) is 0 Å². The number of sulfonamides is 1. The highest BCUT2D eigenvalue weighted by molar-refractivity contribution is 7.92. The molecular weight excluding hydrogens is 424 g/mol. The number of anilines is 1. The molecule has 1 atom stereocenters. The maximum absolute atomic E-state index is 13.2. The fourth-order valence-electron chi connectivity index (χ4n) is 2.64. The minimum absolute atomic E-state index is 0.0163. The van der Waals surface area contributed by atoms with Crippen LogP contribution < -0.4 is 10.0 Å². The highest BCUT2D eigenvalue weighted by Gasteiger charge is 2.26. The van der Waals surface area contributed by atoms with E-state index < -0.39 is 32.8 Å². The molecule has 1 amide bonds. The van der Waals surface area contributed by atoms with Crippen LogP contribution in [0.4, 0.5) is 5.69 Å². The molecule has 0 fully saturated rings. The minimum atomic E-state index is -4.39. The predicted octanol–water partition coefficient (Wildman–Crippen LogP) is 2.59. The summed E-state index contributed by atoms with van der Waals surface area (Å²) in [6.45, 7) is 3.73. The van der Waals surface area contributed by atoms with Crippen molar-refractivity contribution in [2.75, 3.05) is 18.9 Å². The Labute approximate surface area is 180 Å². The number of ether oxygens (including phenoxy) is 2. The lowest BCUT2D eigenvalue weighted by atomic mass is 10.1. The van der Waals surface area contributed by atoms with Crippen LogP contribution in [0, 0.1) is 0 Å². The van der Waals surface area contributed by atoms with Gasteiger partial charge in [-0.1, -0.05) is 19.1 Å². The van der Waals surface area contributed by atoms with Crippen LogP contribution >= 0.6 is 0 Å². The summed E-state index contributed by atoms with van der Waals surface area (Å²) in [6.07, 6.45) is 0.697. The minimum Gasteiger partial charge on any atom is -0.465 e. The summed E-state index contributed by atoms with van der Waals surface area (Å²) in [4.78, 5) is 36.1. The van der Waals surface area contributed by atoms with Crippen molar-refractivity contribution in [3.05, 3.63) is 59.2 Å². The number of esters is 2. The van der Waals surface area contributed by atoms with E-state index in [4.69, 9.17) is 0 Å². The molecule has 2 rings (SSSR count). The number of hydrogen-bond donors (Lipinski definition) is 2. The van der Waals surface area contributed by atoms with E-state index in [-0.39, 0.29) is 28.4 Å². The van der Waals surface area contributed by atoms with Crippen molar-refractivity contribution in [3.8, 4) is 0 Å². The summed E-state index contributed by atoms with van der Waals surface area (Å²) >= 11 is 0. The standard InChI is InChI=1S/C21H24N2O7S/c1-5-13(2)22-19(24)15-8-6-7-9-17(15)23-31(27,28)18-12-14(20(25)29-3)10-11-16(18)21(26)30-4/h6-13,23H,5H2,1-4H3,(H,22,24). The Hall–Kier alpha value is -3.40. The van der Waals surface area contributed by atoms with Crippen LogP contribution in [0.15, 0.2) is 47.4 Å². The van der Waals surface area contributed by atoms with Crippen LogP contribution in [0.2, 0.25) is 0 Å². The zero-order valence-electron chi connectivity index (χ0n) is 17.6. The van der Waals surface area contributed by atoms with E-state index in [1.807, 2.05) is 13.8 Å². The SMILES string of the molecule is CCC(C)NC(=O)c1ccccc1NS(=O)(=O)c1cc(C(=O)OC)ccc1C(=O)OC. The van der Waals surface area contributed by atoms with Gasteiger partial charge in [0.05, 0.1) is 36.6 Å². The maximum Gasteiger partial charge on any atom is 0.339 e. The van der Waals surface area contributed by atoms with Crippen molar-refractivity contribution < 1.29 is 32.3 Å². The van der Waals surface area contributed by atoms with Gasteiger partial charge >= 0.3 is 11.9 Å². The second-order valence-corrected chi connectivity index (χ2v) is 8.28. The monoisotopic (exact) mass is 448 g/mol. The number of benzene rings is 2. The number of hydrogen-bond acceptors (Lipinski definition) is 7. The Kier molecular flexibility index (Phi) is 7.76. The van der Waals surface area contributed by atoms with Gasteiger partial charge in [0.25, 0.3) is 15.9 Å². The third kappa shape index (κ3) is 5.60. The van der Waals surface area contributed by atoms with E-state index in [9.17, 15) is 22.8 Å². The number of carbonyl (C=O) groups is 3. The summed E-state index contributed by atoms with van der Waals surface area (Å²) < 4.78 is 37.9. The molecule has 31 heavy (non-hydrogen) atoms. The van der Waals surface area contributed by atoms with Gasteiger partial charge in [-0.3, -0.25) is 9.52 Å². The summed E-state index contributed by atoms with van der Waals surface area (Å²) in [5.41, 5.74) is -0.222. The molecule has 2 aromatic carbocycles. The summed E-state index contributed by atoms with van der Waals surface area (Å²) in [5, 5.41) is 2.77. The second kappa shape index (κ2) is 10.1. The zero-order valence-corrected chi connectivity index (χ0v) is 18.4. The highest BCUT2D eigenvalue weighted by Crippen LogP contribution is 2.24. The van der Waals surface area contributed by atoms with E-state index in [2.05, 4.69) is 19.5 Å². The number of nitrogens with one attached hydrogen (secondary N) is 2. The van der Waals surface area contributed by atoms with Crippen molar-refractivity contribution in [1.82, 2.24) is 5.32 Å². The molecule has 2 N–H and O–H groups in total. The first kappa shape index (κ1) is 23.9. The molecule has 0 radical (unpaired) electrons. The first-order chi connectivity index (χ1) is 14.6. The smallest absolute Gasteiger partial charge is 0.339 e. The molecule has 10 heteroatoms. The number of rotatable bonds is 8. The fourth-order valence-corrected chi connectivity index (χ4v) is 3.94. The molecule has 0 aliphatic carbocycles. The molecular formula is C21H24N2O7S. The molecule has 9 nitrogen and oxygen atoms in total. The molecule has 0 spiro atoms. The Morgan fingerprint density at radius 2 is 1.61 bits per heavy atom. The van der Waals surface area contributed by atoms with Gasteiger partial charge in [-0.05, 0) is 43.7 Å². The first-order valence-corrected chi connectivity index (χ1v) is 10.9. The normalized spacial score (nSPS) is 11.9. The fraction of sp³-hybridized carbons (Fsp3) is 0.286. The van der Waals surface area contributed by atoms with Crippen LogP contribution in [-0.4, -0.2) is 46.5 Å². The predicted molar refractivity (Wildman–Crippen MR) is 114 cm³/mol. The molecule has 0 heterocycles. The highest BCUT2D eigenvalue weighted by atomic mass is 32.2. The van der Waals surface area contributed by atoms with Crippen LogP contribution in [0.1, 0.15) is 51.3 Å². The Morgan fingerprint density at radius 1 is 0.968 bits per heavy atom. The average molecular weight is 448 g/mol. The quantitative estimate of drug-likeness (QED) is 0.594. The van der Waals surface area contributed by atoms with Crippen LogP contribution in [0.25, 0.3) is 0 Å². The summed E-state index contributed by atoms with van der Waals surface area (Å²) in [7, 11) is -2.14. The van der Waals surface area contributed by atoms with Gasteiger partial charge in [-0.2, -0.15) is 0 Å².